The zero-order valence-corrected chi connectivity index (χ0v) is 29.0. The maximum Gasteiger partial charge on any atom is 0.291 e. The van der Waals surface area contributed by atoms with Crippen LogP contribution in [0.4, 0.5) is 0 Å². The summed E-state index contributed by atoms with van der Waals surface area (Å²) in [4.78, 5) is 8.36. The Morgan fingerprint density at radius 2 is 1.44 bits per heavy atom. The molecule has 1 aromatic heterocycles. The summed E-state index contributed by atoms with van der Waals surface area (Å²) in [5.41, 5.74) is 3.93. The van der Waals surface area contributed by atoms with Crippen LogP contribution >= 0.6 is 46.4 Å². The van der Waals surface area contributed by atoms with Gasteiger partial charge in [-0.15, -0.1) is 15.9 Å². The van der Waals surface area contributed by atoms with Crippen molar-refractivity contribution in [2.45, 2.75) is 78.2 Å². The standard InChI is InChI=1S/C33H36Cl4N2O2.HNO3/c1-32(2,3)26-13-21(14-27(31(26)40)33(4,5)6)17-38-11-12-39(20-38)18-30(25-10-9-24(35)16-29(25)37)41-19-22-7-8-23(34)15-28(22)36;2-1(3)4/h7-16,20,30H,17-19H2,1-6H3;(H,2,3,4). The predicted octanol–water partition coefficient (Wildman–Crippen LogP) is 8.72. The van der Waals surface area contributed by atoms with Crippen molar-refractivity contribution in [1.29, 1.82) is 0 Å². The molecule has 0 aliphatic rings. The summed E-state index contributed by atoms with van der Waals surface area (Å²) in [5, 5.41) is 29.2. The molecule has 3 aromatic carbocycles. The lowest BCUT2D eigenvalue weighted by Crippen LogP contribution is -2.32. The highest BCUT2D eigenvalue weighted by atomic mass is 35.5. The number of halogens is 4. The average Bonchev–Trinajstić information content (AvgIpc) is 3.33. The molecule has 1 atom stereocenters. The highest BCUT2D eigenvalue weighted by molar-refractivity contribution is 6.35. The third-order valence-electron chi connectivity index (χ3n) is 7.02. The minimum atomic E-state index is -1.50. The van der Waals surface area contributed by atoms with E-state index in [-0.39, 0.29) is 29.3 Å². The van der Waals surface area contributed by atoms with Gasteiger partial charge in [0.25, 0.3) is 5.09 Å². The number of benzene rings is 3. The Hall–Kier alpha value is -3.01. The van der Waals surface area contributed by atoms with Crippen molar-refractivity contribution >= 4 is 46.4 Å². The molecule has 1 unspecified atom stereocenters. The summed E-state index contributed by atoms with van der Waals surface area (Å²) in [5.74, 6) is 0.136. The van der Waals surface area contributed by atoms with Gasteiger partial charge in [0.1, 0.15) is 31.6 Å². The van der Waals surface area contributed by atoms with Crippen molar-refractivity contribution in [3.05, 3.63) is 125 Å². The van der Waals surface area contributed by atoms with Gasteiger partial charge in [0.15, 0.2) is 0 Å². The van der Waals surface area contributed by atoms with Gasteiger partial charge >= 0.3 is 0 Å². The molecule has 0 spiro atoms. The molecular weight excluding hydrogens is 660 g/mol. The van der Waals surface area contributed by atoms with Crippen LogP contribution in [0.2, 0.25) is 20.1 Å². The Bertz CT molecular complexity index is 1610. The number of ether oxygens (including phenoxy) is 1. The van der Waals surface area contributed by atoms with Crippen LogP contribution in [0.1, 0.15) is 75.5 Å². The molecular formula is C33H37Cl4N3O5. The largest absolute Gasteiger partial charge is 0.872 e. The SMILES string of the molecule is CC(C)(C)c1cc(C[n+]2ccn(CC(OCc3ccc(Cl)cc3Cl)c3ccc(Cl)cc3Cl)c2)cc(C(C)(C)C)c1[O-].O=[N+]([O-])O. The van der Waals surface area contributed by atoms with Gasteiger partial charge in [-0.3, -0.25) is 0 Å². The van der Waals surface area contributed by atoms with Crippen LogP contribution in [-0.2, 0) is 35.3 Å². The Balaban J connectivity index is 0.00000130. The third-order valence-corrected chi connectivity index (χ3v) is 8.17. The van der Waals surface area contributed by atoms with Crippen molar-refractivity contribution in [3.63, 3.8) is 0 Å². The summed E-state index contributed by atoms with van der Waals surface area (Å²) in [6.07, 6.45) is 5.70. The summed E-state index contributed by atoms with van der Waals surface area (Å²) >= 11 is 25.3. The number of hydrogen-bond acceptors (Lipinski definition) is 4. The minimum Gasteiger partial charge on any atom is -0.872 e. The predicted molar refractivity (Wildman–Crippen MR) is 176 cm³/mol. The van der Waals surface area contributed by atoms with Crippen LogP contribution in [0.15, 0.2) is 67.3 Å². The van der Waals surface area contributed by atoms with Gasteiger partial charge in [-0.05, 0) is 57.3 Å². The van der Waals surface area contributed by atoms with Crippen LogP contribution in [0.25, 0.3) is 0 Å². The highest BCUT2D eigenvalue weighted by Crippen LogP contribution is 2.38. The Labute approximate surface area is 283 Å². The fourth-order valence-electron chi connectivity index (χ4n) is 4.77. The number of nitrogens with zero attached hydrogens (tertiary/aromatic N) is 3. The molecule has 12 heteroatoms. The van der Waals surface area contributed by atoms with Gasteiger partial charge in [-0.2, -0.15) is 0 Å². The second-order valence-electron chi connectivity index (χ2n) is 12.7. The third kappa shape index (κ3) is 10.5. The van der Waals surface area contributed by atoms with E-state index < -0.39 is 5.09 Å². The van der Waals surface area contributed by atoms with Crippen LogP contribution in [0, 0.1) is 10.1 Å². The number of imidazole rings is 1. The van der Waals surface area contributed by atoms with Crippen molar-refractivity contribution in [3.8, 4) is 5.75 Å². The van der Waals surface area contributed by atoms with E-state index >= 15 is 0 Å². The van der Waals surface area contributed by atoms with E-state index in [2.05, 4.69) is 62.8 Å². The fourth-order valence-corrected chi connectivity index (χ4v) is 5.76. The Morgan fingerprint density at radius 3 is 1.96 bits per heavy atom. The molecule has 0 fully saturated rings. The summed E-state index contributed by atoms with van der Waals surface area (Å²) < 4.78 is 10.6. The van der Waals surface area contributed by atoms with Crippen molar-refractivity contribution in [1.82, 2.24) is 4.57 Å². The lowest BCUT2D eigenvalue weighted by molar-refractivity contribution is -0.742. The fraction of sp³-hybridized carbons (Fsp3) is 0.364. The van der Waals surface area contributed by atoms with Crippen molar-refractivity contribution in [2.24, 2.45) is 0 Å². The van der Waals surface area contributed by atoms with Gasteiger partial charge in [0.05, 0.1) is 6.61 Å². The molecule has 0 aliphatic carbocycles. The average molecular weight is 697 g/mol. The topological polar surface area (TPSA) is 104 Å². The van der Waals surface area contributed by atoms with E-state index in [0.717, 1.165) is 27.8 Å². The van der Waals surface area contributed by atoms with Crippen molar-refractivity contribution < 1.29 is 24.7 Å². The van der Waals surface area contributed by atoms with E-state index in [0.29, 0.717) is 33.2 Å². The molecule has 1 heterocycles. The molecule has 1 N–H and O–H groups in total. The minimum absolute atomic E-state index is 0.136. The Kier molecular flexibility index (Phi) is 12.2. The maximum atomic E-state index is 13.3. The number of aromatic nitrogens is 2. The van der Waals surface area contributed by atoms with Gasteiger partial charge in [-0.25, -0.2) is 9.13 Å². The monoisotopic (exact) mass is 695 g/mol. The van der Waals surface area contributed by atoms with Gasteiger partial charge in [0.2, 0.25) is 6.33 Å². The van der Waals surface area contributed by atoms with E-state index in [1.54, 1.807) is 18.2 Å². The zero-order valence-electron chi connectivity index (χ0n) is 26.0. The normalized spacial score (nSPS) is 12.4. The summed E-state index contributed by atoms with van der Waals surface area (Å²) in [6, 6.07) is 14.9. The van der Waals surface area contributed by atoms with Crippen LogP contribution < -0.4 is 9.67 Å². The summed E-state index contributed by atoms with van der Waals surface area (Å²) in [6.45, 7) is 13.9. The van der Waals surface area contributed by atoms with Crippen LogP contribution in [0.5, 0.6) is 5.75 Å². The lowest BCUT2D eigenvalue weighted by Gasteiger charge is -2.33. The first-order chi connectivity index (χ1) is 20.8. The Morgan fingerprint density at radius 1 is 0.911 bits per heavy atom. The molecule has 0 radical (unpaired) electrons. The maximum absolute atomic E-state index is 13.3. The second-order valence-corrected chi connectivity index (χ2v) is 14.4. The van der Waals surface area contributed by atoms with E-state index in [1.807, 2.05) is 36.9 Å². The molecule has 0 saturated heterocycles. The molecule has 4 rings (SSSR count). The number of rotatable bonds is 8. The van der Waals surface area contributed by atoms with Gasteiger partial charge in [-0.1, -0.05) is 112 Å². The zero-order chi connectivity index (χ0) is 33.7. The van der Waals surface area contributed by atoms with Crippen LogP contribution in [-0.4, -0.2) is 14.9 Å². The molecule has 4 aromatic rings. The van der Waals surface area contributed by atoms with E-state index in [9.17, 15) is 5.11 Å². The molecule has 0 aliphatic heterocycles. The molecule has 8 nitrogen and oxygen atoms in total. The van der Waals surface area contributed by atoms with Gasteiger partial charge < -0.3 is 15.1 Å². The smallest absolute Gasteiger partial charge is 0.291 e. The molecule has 45 heavy (non-hydrogen) atoms. The second kappa shape index (κ2) is 15.1. The molecule has 0 amide bonds. The van der Waals surface area contributed by atoms with Crippen molar-refractivity contribution in [2.75, 3.05) is 0 Å². The first-order valence-corrected chi connectivity index (χ1v) is 15.6. The quantitative estimate of drug-likeness (QED) is 0.113. The summed E-state index contributed by atoms with van der Waals surface area (Å²) in [7, 11) is 0. The van der Waals surface area contributed by atoms with E-state index in [1.165, 1.54) is 0 Å². The lowest BCUT2D eigenvalue weighted by atomic mass is 9.78. The first-order valence-electron chi connectivity index (χ1n) is 14.1. The van der Waals surface area contributed by atoms with E-state index in [4.69, 9.17) is 66.5 Å². The first kappa shape index (κ1) is 36.5. The molecule has 0 bridgehead atoms. The molecule has 0 saturated carbocycles. The molecule has 242 valence electrons. The highest BCUT2D eigenvalue weighted by Gasteiger charge is 2.24. The van der Waals surface area contributed by atoms with Gasteiger partial charge in [0, 0.05) is 25.7 Å². The number of hydrogen-bond donors (Lipinski definition) is 1. The van der Waals surface area contributed by atoms with Crippen LogP contribution in [0.3, 0.4) is 0 Å².